The molecule has 0 aliphatic carbocycles. The van der Waals surface area contributed by atoms with Gasteiger partial charge in [0, 0.05) is 11.1 Å². The Hall–Kier alpha value is -1.56. The van der Waals surface area contributed by atoms with Crippen LogP contribution in [0, 0.1) is 6.92 Å². The number of ether oxygens (including phenoxy) is 1. The molecular formula is C18H22ClNO3S. The van der Waals surface area contributed by atoms with Crippen LogP contribution in [-0.2, 0) is 15.8 Å². The minimum Gasteiger partial charge on any atom is -0.496 e. The van der Waals surface area contributed by atoms with Crippen LogP contribution in [0.15, 0.2) is 42.5 Å². The van der Waals surface area contributed by atoms with E-state index in [9.17, 15) is 8.42 Å². The molecule has 0 aliphatic rings. The zero-order valence-electron chi connectivity index (χ0n) is 14.0. The van der Waals surface area contributed by atoms with Gasteiger partial charge in [-0.2, -0.15) is 0 Å². The van der Waals surface area contributed by atoms with Gasteiger partial charge in [0.1, 0.15) is 5.75 Å². The molecule has 0 saturated carbocycles. The van der Waals surface area contributed by atoms with Gasteiger partial charge >= 0.3 is 0 Å². The fourth-order valence-corrected chi connectivity index (χ4v) is 4.35. The second-order valence-corrected chi connectivity index (χ2v) is 7.82. The number of nitrogens with one attached hydrogen (secondary N) is 1. The van der Waals surface area contributed by atoms with Crippen molar-refractivity contribution in [3.63, 3.8) is 0 Å². The number of aryl methyl sites for hydroxylation is 1. The standard InChI is InChI=1S/C18H22ClNO3S/c1-4-17(14-9-10-18(23-3)13(2)11-14)20-24(21,22)12-15-7-5-6-8-16(15)19/h5-11,17,20H,4,12H2,1-3H3/t17-/m1/s1. The Labute approximate surface area is 148 Å². The van der Waals surface area contributed by atoms with Gasteiger partial charge in [-0.25, -0.2) is 13.1 Å². The molecule has 2 aromatic rings. The topological polar surface area (TPSA) is 55.4 Å². The summed E-state index contributed by atoms with van der Waals surface area (Å²) in [5.41, 5.74) is 2.48. The molecule has 6 heteroatoms. The lowest BCUT2D eigenvalue weighted by Gasteiger charge is -2.19. The molecule has 0 heterocycles. The van der Waals surface area contributed by atoms with Gasteiger partial charge in [0.15, 0.2) is 0 Å². The second-order valence-electron chi connectivity index (χ2n) is 5.66. The Morgan fingerprint density at radius 2 is 1.92 bits per heavy atom. The van der Waals surface area contributed by atoms with Gasteiger partial charge in [0.2, 0.25) is 10.0 Å². The van der Waals surface area contributed by atoms with E-state index < -0.39 is 10.0 Å². The van der Waals surface area contributed by atoms with E-state index in [2.05, 4.69) is 4.72 Å². The molecule has 0 aromatic heterocycles. The first-order valence-corrected chi connectivity index (χ1v) is 9.77. The molecule has 0 fully saturated rings. The summed E-state index contributed by atoms with van der Waals surface area (Å²) in [5.74, 6) is 0.644. The first kappa shape index (κ1) is 18.8. The molecule has 2 rings (SSSR count). The maximum Gasteiger partial charge on any atom is 0.216 e. The summed E-state index contributed by atoms with van der Waals surface area (Å²) in [6.45, 7) is 3.88. The third-order valence-electron chi connectivity index (χ3n) is 3.85. The highest BCUT2D eigenvalue weighted by molar-refractivity contribution is 7.88. The number of sulfonamides is 1. The van der Waals surface area contributed by atoms with Crippen LogP contribution in [-0.4, -0.2) is 15.5 Å². The fourth-order valence-electron chi connectivity index (χ4n) is 2.58. The van der Waals surface area contributed by atoms with E-state index in [-0.39, 0.29) is 11.8 Å². The monoisotopic (exact) mass is 367 g/mol. The predicted molar refractivity (Wildman–Crippen MR) is 98.0 cm³/mol. The van der Waals surface area contributed by atoms with Crippen molar-refractivity contribution in [1.82, 2.24) is 4.72 Å². The molecule has 4 nitrogen and oxygen atoms in total. The first-order valence-electron chi connectivity index (χ1n) is 7.74. The Balaban J connectivity index is 2.20. The van der Waals surface area contributed by atoms with E-state index in [4.69, 9.17) is 16.3 Å². The number of hydrogen-bond acceptors (Lipinski definition) is 3. The summed E-state index contributed by atoms with van der Waals surface area (Å²) < 4.78 is 33.0. The quantitative estimate of drug-likeness (QED) is 0.796. The molecule has 0 aliphatic heterocycles. The molecule has 1 N–H and O–H groups in total. The van der Waals surface area contributed by atoms with Crippen LogP contribution in [0.25, 0.3) is 0 Å². The molecule has 130 valence electrons. The van der Waals surface area contributed by atoms with Crippen LogP contribution in [0.1, 0.15) is 36.1 Å². The van der Waals surface area contributed by atoms with Crippen molar-refractivity contribution in [1.29, 1.82) is 0 Å². The van der Waals surface area contributed by atoms with Crippen molar-refractivity contribution in [3.05, 3.63) is 64.2 Å². The van der Waals surface area contributed by atoms with Crippen molar-refractivity contribution < 1.29 is 13.2 Å². The third-order valence-corrected chi connectivity index (χ3v) is 5.56. The van der Waals surface area contributed by atoms with Crippen LogP contribution < -0.4 is 9.46 Å². The molecule has 1 atom stereocenters. The van der Waals surface area contributed by atoms with Gasteiger partial charge in [0.05, 0.1) is 12.9 Å². The van der Waals surface area contributed by atoms with E-state index in [1.54, 1.807) is 31.4 Å². The van der Waals surface area contributed by atoms with E-state index in [1.165, 1.54) is 0 Å². The van der Waals surface area contributed by atoms with E-state index in [0.717, 1.165) is 16.9 Å². The van der Waals surface area contributed by atoms with Crippen LogP contribution >= 0.6 is 11.6 Å². The van der Waals surface area contributed by atoms with Gasteiger partial charge in [0.25, 0.3) is 0 Å². The molecule has 0 spiro atoms. The largest absolute Gasteiger partial charge is 0.496 e. The number of hydrogen-bond donors (Lipinski definition) is 1. The van der Waals surface area contributed by atoms with E-state index in [0.29, 0.717) is 17.0 Å². The van der Waals surface area contributed by atoms with E-state index in [1.807, 2.05) is 32.0 Å². The number of methoxy groups -OCH3 is 1. The maximum absolute atomic E-state index is 12.5. The lowest BCUT2D eigenvalue weighted by atomic mass is 10.0. The summed E-state index contributed by atoms with van der Waals surface area (Å²) in [5, 5.41) is 0.455. The lowest BCUT2D eigenvalue weighted by molar-refractivity contribution is 0.411. The molecular weight excluding hydrogens is 346 g/mol. The van der Waals surface area contributed by atoms with Gasteiger partial charge in [-0.1, -0.05) is 48.9 Å². The summed E-state index contributed by atoms with van der Waals surface area (Å²) in [6.07, 6.45) is 0.646. The normalized spacial score (nSPS) is 12.8. The molecule has 0 amide bonds. The van der Waals surface area contributed by atoms with Gasteiger partial charge in [-0.3, -0.25) is 0 Å². The first-order chi connectivity index (χ1) is 11.4. The predicted octanol–water partition coefficient (Wildman–Crippen LogP) is 4.23. The van der Waals surface area contributed by atoms with Crippen molar-refractivity contribution in [2.75, 3.05) is 7.11 Å². The molecule has 0 saturated heterocycles. The summed E-state index contributed by atoms with van der Waals surface area (Å²) in [7, 11) is -1.89. The van der Waals surface area contributed by atoms with Crippen LogP contribution in [0.3, 0.4) is 0 Å². The molecule has 24 heavy (non-hydrogen) atoms. The van der Waals surface area contributed by atoms with Gasteiger partial charge < -0.3 is 4.74 Å². The number of halogens is 1. The Morgan fingerprint density at radius 1 is 1.21 bits per heavy atom. The zero-order valence-corrected chi connectivity index (χ0v) is 15.6. The lowest BCUT2D eigenvalue weighted by Crippen LogP contribution is -2.29. The summed E-state index contributed by atoms with van der Waals surface area (Å²) in [6, 6.07) is 12.4. The number of rotatable bonds is 7. The van der Waals surface area contributed by atoms with Crippen LogP contribution in [0.4, 0.5) is 0 Å². The zero-order chi connectivity index (χ0) is 17.7. The van der Waals surface area contributed by atoms with Gasteiger partial charge in [-0.15, -0.1) is 0 Å². The van der Waals surface area contributed by atoms with Crippen molar-refractivity contribution in [3.8, 4) is 5.75 Å². The highest BCUT2D eigenvalue weighted by atomic mass is 35.5. The minimum atomic E-state index is -3.51. The SMILES string of the molecule is CC[C@@H](NS(=O)(=O)Cc1ccccc1Cl)c1ccc(OC)c(C)c1. The average Bonchev–Trinajstić information content (AvgIpc) is 2.54. The van der Waals surface area contributed by atoms with Crippen molar-refractivity contribution >= 4 is 21.6 Å². The Kier molecular flexibility index (Phi) is 6.27. The third kappa shape index (κ3) is 4.72. The number of benzene rings is 2. The average molecular weight is 368 g/mol. The van der Waals surface area contributed by atoms with E-state index >= 15 is 0 Å². The Morgan fingerprint density at radius 3 is 2.50 bits per heavy atom. The van der Waals surface area contributed by atoms with Crippen LogP contribution in [0.2, 0.25) is 5.02 Å². The Bertz CT molecular complexity index is 806. The summed E-state index contributed by atoms with van der Waals surface area (Å²) >= 11 is 6.07. The van der Waals surface area contributed by atoms with Crippen LogP contribution in [0.5, 0.6) is 5.75 Å². The van der Waals surface area contributed by atoms with Crippen molar-refractivity contribution in [2.24, 2.45) is 0 Å². The highest BCUT2D eigenvalue weighted by Gasteiger charge is 2.20. The maximum atomic E-state index is 12.5. The molecule has 0 radical (unpaired) electrons. The van der Waals surface area contributed by atoms with Crippen molar-refractivity contribution in [2.45, 2.75) is 32.1 Å². The fraction of sp³-hybridized carbons (Fsp3) is 0.333. The molecule has 2 aromatic carbocycles. The van der Waals surface area contributed by atoms with Gasteiger partial charge in [-0.05, 0) is 42.2 Å². The molecule has 0 unspecified atom stereocenters. The highest BCUT2D eigenvalue weighted by Crippen LogP contribution is 2.25. The second kappa shape index (κ2) is 8.01. The summed E-state index contributed by atoms with van der Waals surface area (Å²) in [4.78, 5) is 0. The smallest absolute Gasteiger partial charge is 0.216 e. The minimum absolute atomic E-state index is 0.141. The molecule has 0 bridgehead atoms.